The molecule has 0 aliphatic heterocycles. The molecule has 0 saturated carbocycles. The summed E-state index contributed by atoms with van der Waals surface area (Å²) in [6, 6.07) is 15.8. The topological polar surface area (TPSA) is 77.9 Å². The molecule has 0 saturated heterocycles. The zero-order valence-electron chi connectivity index (χ0n) is 21.6. The summed E-state index contributed by atoms with van der Waals surface area (Å²) < 4.78 is 17.9. The molecule has 0 unspecified atom stereocenters. The quantitative estimate of drug-likeness (QED) is 0.168. The summed E-state index contributed by atoms with van der Waals surface area (Å²) in [4.78, 5) is 15.6. The molecule has 198 valence electrons. The van der Waals surface area contributed by atoms with E-state index in [1.54, 1.807) is 25.4 Å². The highest BCUT2D eigenvalue weighted by molar-refractivity contribution is 7.59. The maximum absolute atomic E-state index is 11.1. The number of nitrogens with zero attached hydrogens (tertiary/aromatic N) is 1. The van der Waals surface area contributed by atoms with Crippen LogP contribution in [0.4, 0.5) is 0 Å². The number of carboxylic acids is 1. The van der Waals surface area contributed by atoms with Gasteiger partial charge in [0.25, 0.3) is 0 Å². The second-order valence-corrected chi connectivity index (χ2v) is 9.47. The third-order valence-electron chi connectivity index (χ3n) is 5.94. The molecule has 0 amide bonds. The number of thiophene rings is 1. The van der Waals surface area contributed by atoms with Crippen molar-refractivity contribution in [2.75, 3.05) is 20.3 Å². The van der Waals surface area contributed by atoms with Crippen LogP contribution in [-0.4, -0.2) is 36.4 Å². The fraction of sp³-hybridized carbons (Fsp3) is 0.267. The Bertz CT molecular complexity index is 1440. The van der Waals surface area contributed by atoms with Crippen molar-refractivity contribution in [3.63, 3.8) is 0 Å². The molecular formula is C30H31NO5S2. The van der Waals surface area contributed by atoms with Crippen LogP contribution in [0.2, 0.25) is 0 Å². The van der Waals surface area contributed by atoms with Gasteiger partial charge in [0.2, 0.25) is 5.88 Å². The smallest absolute Gasteiger partial charge is 0.304 e. The molecule has 2 heterocycles. The summed E-state index contributed by atoms with van der Waals surface area (Å²) in [6.07, 6.45) is 1.84. The maximum atomic E-state index is 11.1. The Kier molecular flexibility index (Phi) is 10.6. The van der Waals surface area contributed by atoms with E-state index >= 15 is 0 Å². The number of aliphatic carboxylic acids is 1. The molecule has 4 aromatic rings. The first-order chi connectivity index (χ1) is 18.0. The van der Waals surface area contributed by atoms with Crippen LogP contribution in [0.5, 0.6) is 11.6 Å². The first-order valence-corrected chi connectivity index (χ1v) is 12.8. The van der Waals surface area contributed by atoms with E-state index in [0.29, 0.717) is 25.7 Å². The van der Waals surface area contributed by atoms with Gasteiger partial charge in [-0.2, -0.15) is 13.5 Å². The summed E-state index contributed by atoms with van der Waals surface area (Å²) in [5.74, 6) is 5.90. The molecule has 0 radical (unpaired) electrons. The molecule has 4 rings (SSSR count). The maximum Gasteiger partial charge on any atom is 0.304 e. The predicted molar refractivity (Wildman–Crippen MR) is 157 cm³/mol. The Morgan fingerprint density at radius 1 is 1.08 bits per heavy atom. The third-order valence-corrected chi connectivity index (χ3v) is 6.90. The highest BCUT2D eigenvalue weighted by Gasteiger charge is 2.14. The van der Waals surface area contributed by atoms with Crippen molar-refractivity contribution in [2.45, 2.75) is 32.8 Å². The number of ether oxygens (including phenoxy) is 3. The molecular weight excluding hydrogens is 518 g/mol. The van der Waals surface area contributed by atoms with Gasteiger partial charge in [-0.25, -0.2) is 4.98 Å². The van der Waals surface area contributed by atoms with Crippen LogP contribution >= 0.6 is 24.8 Å². The lowest BCUT2D eigenvalue weighted by atomic mass is 9.96. The largest absolute Gasteiger partial charge is 0.489 e. The van der Waals surface area contributed by atoms with Crippen molar-refractivity contribution in [3.8, 4) is 34.6 Å². The van der Waals surface area contributed by atoms with Crippen molar-refractivity contribution >= 4 is 40.9 Å². The number of methoxy groups -OCH3 is 1. The zero-order valence-corrected chi connectivity index (χ0v) is 23.4. The number of aryl methyl sites for hydroxylation is 1. The second-order valence-electron chi connectivity index (χ2n) is 8.56. The Morgan fingerprint density at radius 3 is 2.55 bits per heavy atom. The van der Waals surface area contributed by atoms with Crippen molar-refractivity contribution < 1.29 is 24.1 Å². The minimum Gasteiger partial charge on any atom is -0.489 e. The average Bonchev–Trinajstić information content (AvgIpc) is 3.30. The van der Waals surface area contributed by atoms with Crippen LogP contribution in [0.25, 0.3) is 21.2 Å². The van der Waals surface area contributed by atoms with Gasteiger partial charge in [-0.3, -0.25) is 4.79 Å². The van der Waals surface area contributed by atoms with Gasteiger partial charge in [0, 0.05) is 40.6 Å². The third kappa shape index (κ3) is 7.29. The Labute approximate surface area is 234 Å². The molecule has 0 fully saturated rings. The average molecular weight is 550 g/mol. The number of carboxylic acid groups (broad SMARTS) is 1. The van der Waals surface area contributed by atoms with E-state index in [-0.39, 0.29) is 25.8 Å². The van der Waals surface area contributed by atoms with Gasteiger partial charge >= 0.3 is 5.97 Å². The second kappa shape index (κ2) is 13.9. The normalized spacial score (nSPS) is 11.2. The lowest BCUT2D eigenvalue weighted by Crippen LogP contribution is -2.05. The number of hydrogen-bond acceptors (Lipinski definition) is 6. The number of benzene rings is 2. The van der Waals surface area contributed by atoms with E-state index < -0.39 is 5.97 Å². The molecule has 0 bridgehead atoms. The summed E-state index contributed by atoms with van der Waals surface area (Å²) >= 11 is 1.70. The van der Waals surface area contributed by atoms with E-state index in [9.17, 15) is 4.79 Å². The van der Waals surface area contributed by atoms with E-state index in [0.717, 1.165) is 39.0 Å². The van der Waals surface area contributed by atoms with Gasteiger partial charge in [0.1, 0.15) is 19.0 Å². The molecule has 6 nitrogen and oxygen atoms in total. The Morgan fingerprint density at radius 2 is 1.87 bits per heavy atom. The first kappa shape index (κ1) is 29.1. The molecule has 1 atom stereocenters. The van der Waals surface area contributed by atoms with Crippen LogP contribution in [0.15, 0.2) is 60.1 Å². The monoisotopic (exact) mass is 549 g/mol. The number of pyridine rings is 1. The number of carbonyl (C=O) groups is 1. The summed E-state index contributed by atoms with van der Waals surface area (Å²) in [6.45, 7) is 5.18. The van der Waals surface area contributed by atoms with Gasteiger partial charge in [-0.15, -0.1) is 17.3 Å². The Hall–Kier alpha value is -3.51. The Balaban J connectivity index is 0.00000400. The molecule has 0 spiro atoms. The van der Waals surface area contributed by atoms with E-state index in [1.165, 1.54) is 4.70 Å². The highest BCUT2D eigenvalue weighted by atomic mass is 32.1. The van der Waals surface area contributed by atoms with Crippen molar-refractivity contribution in [1.29, 1.82) is 0 Å². The fourth-order valence-electron chi connectivity index (χ4n) is 4.06. The molecule has 8 heteroatoms. The highest BCUT2D eigenvalue weighted by Crippen LogP contribution is 2.36. The van der Waals surface area contributed by atoms with Crippen molar-refractivity contribution in [1.82, 2.24) is 4.98 Å². The minimum atomic E-state index is -0.867. The van der Waals surface area contributed by atoms with Gasteiger partial charge < -0.3 is 19.3 Å². The fourth-order valence-corrected chi connectivity index (χ4v) is 5.00. The number of rotatable bonds is 11. The van der Waals surface area contributed by atoms with Crippen LogP contribution in [0.1, 0.15) is 36.0 Å². The van der Waals surface area contributed by atoms with Gasteiger partial charge in [-0.05, 0) is 60.2 Å². The molecule has 2 aromatic carbocycles. The molecule has 1 N–H and O–H groups in total. The van der Waals surface area contributed by atoms with Gasteiger partial charge in [-0.1, -0.05) is 24.1 Å². The van der Waals surface area contributed by atoms with E-state index in [2.05, 4.69) is 47.3 Å². The lowest BCUT2D eigenvalue weighted by Gasteiger charge is -2.11. The molecule has 38 heavy (non-hydrogen) atoms. The minimum absolute atomic E-state index is 0. The van der Waals surface area contributed by atoms with Gasteiger partial charge in [0.15, 0.2) is 0 Å². The van der Waals surface area contributed by atoms with Crippen LogP contribution < -0.4 is 9.47 Å². The number of aromatic nitrogens is 1. The van der Waals surface area contributed by atoms with Crippen LogP contribution in [-0.2, 0) is 16.1 Å². The molecule has 0 aliphatic rings. The van der Waals surface area contributed by atoms with Crippen LogP contribution in [0, 0.1) is 18.8 Å². The standard InChI is InChI=1S/C30H29NO5S.H2S/c1-4-5-23(16-30(32)33)22-7-9-24(10-8-22)36-18-21-6-11-28-25(15-21)27(19-37-28)26-17-31-29(14-20(26)2)35-13-12-34-3;/h6-11,14-15,17,19,23H,12-13,16,18H2,1-3H3,(H,32,33);1H2/t23-;/m0./s1. The van der Waals surface area contributed by atoms with Gasteiger partial charge in [0.05, 0.1) is 18.9 Å². The van der Waals surface area contributed by atoms with Crippen molar-refractivity contribution in [3.05, 3.63) is 76.8 Å². The molecule has 2 aromatic heterocycles. The molecule has 0 aliphatic carbocycles. The summed E-state index contributed by atoms with van der Waals surface area (Å²) in [5, 5.41) is 12.5. The van der Waals surface area contributed by atoms with Crippen molar-refractivity contribution in [2.24, 2.45) is 0 Å². The predicted octanol–water partition coefficient (Wildman–Crippen LogP) is 6.57. The first-order valence-electron chi connectivity index (χ1n) is 11.9. The van der Waals surface area contributed by atoms with E-state index in [4.69, 9.17) is 19.3 Å². The number of fused-ring (bicyclic) bond motifs is 1. The summed E-state index contributed by atoms with van der Waals surface area (Å²) in [7, 11) is 1.64. The van der Waals surface area contributed by atoms with E-state index in [1.807, 2.05) is 36.5 Å². The number of hydrogen-bond donors (Lipinski definition) is 1. The lowest BCUT2D eigenvalue weighted by molar-refractivity contribution is -0.137. The summed E-state index contributed by atoms with van der Waals surface area (Å²) in [5.41, 5.74) is 5.23. The van der Waals surface area contributed by atoms with Crippen LogP contribution in [0.3, 0.4) is 0 Å². The zero-order chi connectivity index (χ0) is 26.2. The SMILES string of the molecule is CC#C[C@@H](CC(=O)O)c1ccc(OCc2ccc3scc(-c4cnc(OCCOC)cc4C)c3c2)cc1.S.